The van der Waals surface area contributed by atoms with Gasteiger partial charge < -0.3 is 29.2 Å². The maximum Gasteiger partial charge on any atom is 0.303 e. The maximum atomic E-state index is 11.2. The molecular weight excluding hydrogens is 552 g/mol. The van der Waals surface area contributed by atoms with Crippen molar-refractivity contribution in [2.75, 3.05) is 13.2 Å². The Morgan fingerprint density at radius 1 is 1.10 bits per heavy atom. The number of unbranched alkanes of at least 4 members (excludes halogenated alkanes) is 1. The molecule has 7 nitrogen and oxygen atoms in total. The van der Waals surface area contributed by atoms with Gasteiger partial charge in [0.25, 0.3) is 0 Å². The molecule has 7 atom stereocenters. The summed E-state index contributed by atoms with van der Waals surface area (Å²) in [6, 6.07) is 10.6. The van der Waals surface area contributed by atoms with E-state index >= 15 is 0 Å². The summed E-state index contributed by atoms with van der Waals surface area (Å²) in [4.78, 5) is 12.0. The van der Waals surface area contributed by atoms with Crippen LogP contribution in [-0.4, -0.2) is 54.2 Å². The van der Waals surface area contributed by atoms with E-state index in [0.29, 0.717) is 38.9 Å². The fourth-order valence-electron chi connectivity index (χ4n) is 6.36. The number of carboxylic acid groups (broad SMARTS) is 1. The molecule has 3 aliphatic rings. The maximum absolute atomic E-state index is 11.2. The van der Waals surface area contributed by atoms with Gasteiger partial charge in [-0.05, 0) is 88.1 Å². The lowest BCUT2D eigenvalue weighted by molar-refractivity contribution is -0.209. The second-order valence-electron chi connectivity index (χ2n) is 12.0. The molecule has 2 saturated heterocycles. The van der Waals surface area contributed by atoms with E-state index in [0.717, 1.165) is 43.4 Å². The molecule has 8 heteroatoms. The number of aliphatic hydroxyl groups is 1. The Balaban J connectivity index is 1.39. The first-order chi connectivity index (χ1) is 20.4. The van der Waals surface area contributed by atoms with Crippen molar-refractivity contribution < 1.29 is 34.0 Å². The zero-order chi connectivity index (χ0) is 29.4. The van der Waals surface area contributed by atoms with E-state index in [1.807, 2.05) is 6.08 Å². The molecule has 1 saturated carbocycles. The molecule has 3 unspecified atom stereocenters. The Bertz CT molecular complexity index is 1160. The number of allylic oxidation sites excluding steroid dienone is 2. The molecule has 230 valence electrons. The number of thiophene rings is 1. The van der Waals surface area contributed by atoms with Gasteiger partial charge in [-0.25, -0.2) is 0 Å². The third kappa shape index (κ3) is 8.30. The van der Waals surface area contributed by atoms with Crippen molar-refractivity contribution in [2.24, 2.45) is 11.8 Å². The molecule has 2 N–H and O–H groups in total. The van der Waals surface area contributed by atoms with E-state index in [4.69, 9.17) is 24.1 Å². The van der Waals surface area contributed by atoms with Crippen LogP contribution in [0.25, 0.3) is 10.1 Å². The Morgan fingerprint density at radius 2 is 1.86 bits per heavy atom. The lowest BCUT2D eigenvalue weighted by atomic mass is 9.88. The Labute approximate surface area is 253 Å². The summed E-state index contributed by atoms with van der Waals surface area (Å²) >= 11 is 1.74. The summed E-state index contributed by atoms with van der Waals surface area (Å²) < 4.78 is 26.4. The first-order valence-electron chi connectivity index (χ1n) is 15.7. The lowest BCUT2D eigenvalue weighted by Crippen LogP contribution is -2.34. The molecule has 3 fully saturated rings. The first-order valence-corrected chi connectivity index (χ1v) is 16.5. The first kappa shape index (κ1) is 31.4. The summed E-state index contributed by atoms with van der Waals surface area (Å²) in [7, 11) is 0. The molecule has 1 aromatic heterocycles. The number of fused-ring (bicyclic) bond motifs is 1. The van der Waals surface area contributed by atoms with E-state index in [1.165, 1.54) is 10.1 Å². The van der Waals surface area contributed by atoms with Gasteiger partial charge in [-0.3, -0.25) is 4.79 Å². The van der Waals surface area contributed by atoms with E-state index in [-0.39, 0.29) is 36.9 Å². The van der Waals surface area contributed by atoms with Gasteiger partial charge in [0.05, 0.1) is 12.2 Å². The zero-order valence-electron chi connectivity index (χ0n) is 24.7. The summed E-state index contributed by atoms with van der Waals surface area (Å²) in [5.41, 5.74) is -0.706. The predicted molar refractivity (Wildman–Crippen MR) is 164 cm³/mol. The van der Waals surface area contributed by atoms with Crippen LogP contribution in [-0.2, 0) is 29.3 Å². The largest absolute Gasteiger partial charge is 0.481 e. The lowest BCUT2D eigenvalue weighted by Gasteiger charge is -2.34. The number of aliphatic carboxylic acids is 1. The number of aliphatic hydroxyl groups excluding tert-OH is 1. The number of ether oxygens (including phenoxy) is 4. The van der Waals surface area contributed by atoms with Gasteiger partial charge in [-0.15, -0.1) is 11.3 Å². The number of rotatable bonds is 13. The average Bonchev–Trinajstić information content (AvgIpc) is 3.56. The third-order valence-electron chi connectivity index (χ3n) is 8.76. The molecule has 0 bridgehead atoms. The molecule has 2 aromatic rings. The van der Waals surface area contributed by atoms with Crippen LogP contribution < -0.4 is 0 Å². The van der Waals surface area contributed by atoms with E-state index < -0.39 is 17.7 Å². The van der Waals surface area contributed by atoms with Crippen molar-refractivity contribution in [3.05, 3.63) is 59.5 Å². The minimum atomic E-state index is -0.771. The van der Waals surface area contributed by atoms with E-state index in [9.17, 15) is 9.90 Å². The van der Waals surface area contributed by atoms with Crippen molar-refractivity contribution in [3.63, 3.8) is 0 Å². The molecule has 1 aromatic carbocycles. The standard InChI is InChI=1S/C34H46O7S/c1-34(41-33-17-9-11-21-39-33,30-22-24-12-6-7-14-29(24)42-30)19-18-26-25(13-4-2-3-5-15-31(36)37)27(35)23-28(26)40-32-16-8-10-20-38-32/h2,4,6-7,12,14,18-19,22,25-28,32-33,35H,3,5,8-11,13,15-17,20-21,23H2,1H3,(H,36,37)/b4-2-,19-18+/t25-,26-,27+,28-,32?,33?,34?/m1/s1. The average molecular weight is 599 g/mol. The monoisotopic (exact) mass is 598 g/mol. The molecule has 5 rings (SSSR count). The van der Waals surface area contributed by atoms with Crippen LogP contribution in [0, 0.1) is 11.8 Å². The molecule has 42 heavy (non-hydrogen) atoms. The van der Waals surface area contributed by atoms with Crippen molar-refractivity contribution in [2.45, 2.75) is 108 Å². The van der Waals surface area contributed by atoms with Crippen LogP contribution >= 0.6 is 11.3 Å². The highest BCUT2D eigenvalue weighted by Crippen LogP contribution is 2.43. The molecule has 0 amide bonds. The van der Waals surface area contributed by atoms with Gasteiger partial charge in [0.15, 0.2) is 12.6 Å². The molecule has 0 spiro atoms. The van der Waals surface area contributed by atoms with Gasteiger partial charge >= 0.3 is 5.97 Å². The summed E-state index contributed by atoms with van der Waals surface area (Å²) in [6.45, 7) is 3.54. The van der Waals surface area contributed by atoms with Crippen LogP contribution in [0.4, 0.5) is 0 Å². The number of hydrogen-bond acceptors (Lipinski definition) is 7. The van der Waals surface area contributed by atoms with Crippen LogP contribution in [0.15, 0.2) is 54.6 Å². The number of hydrogen-bond donors (Lipinski definition) is 2. The summed E-state index contributed by atoms with van der Waals surface area (Å²) in [5, 5.41) is 21.3. The highest BCUT2D eigenvalue weighted by atomic mass is 32.1. The Kier molecular flexibility index (Phi) is 11.3. The normalized spacial score (nSPS) is 30.3. The van der Waals surface area contributed by atoms with Crippen molar-refractivity contribution in [1.29, 1.82) is 0 Å². The van der Waals surface area contributed by atoms with Crippen LogP contribution in [0.3, 0.4) is 0 Å². The van der Waals surface area contributed by atoms with Crippen LogP contribution in [0.2, 0.25) is 0 Å². The number of carbonyl (C=O) groups is 1. The van der Waals surface area contributed by atoms with Crippen LogP contribution in [0.1, 0.15) is 82.4 Å². The van der Waals surface area contributed by atoms with E-state index in [2.05, 4.69) is 55.5 Å². The van der Waals surface area contributed by atoms with E-state index in [1.54, 1.807) is 11.3 Å². The molecule has 1 aliphatic carbocycles. The van der Waals surface area contributed by atoms with Crippen molar-refractivity contribution in [1.82, 2.24) is 0 Å². The smallest absolute Gasteiger partial charge is 0.303 e. The fourth-order valence-corrected chi connectivity index (χ4v) is 7.50. The predicted octanol–water partition coefficient (Wildman–Crippen LogP) is 7.33. The highest BCUT2D eigenvalue weighted by molar-refractivity contribution is 7.19. The van der Waals surface area contributed by atoms with Gasteiger partial charge in [-0.1, -0.05) is 42.5 Å². The molecular formula is C34H46O7S. The highest BCUT2D eigenvalue weighted by Gasteiger charge is 2.43. The molecule has 0 radical (unpaired) electrons. The van der Waals surface area contributed by atoms with Gasteiger partial charge in [-0.2, -0.15) is 0 Å². The topological polar surface area (TPSA) is 94.5 Å². The number of carboxylic acids is 1. The Hall–Kier alpha value is -2.07. The SMILES string of the molecule is CC(/C=C/[C@@H]1[C@@H](C/C=C\CCCC(=O)O)[C@@H](O)C[C@H]1OC1CCCCO1)(OC1CCCCO1)c1cc2ccccc2s1. The second kappa shape index (κ2) is 15.1. The van der Waals surface area contributed by atoms with Crippen molar-refractivity contribution in [3.8, 4) is 0 Å². The number of benzene rings is 1. The van der Waals surface area contributed by atoms with Crippen LogP contribution in [0.5, 0.6) is 0 Å². The van der Waals surface area contributed by atoms with Gasteiger partial charge in [0, 0.05) is 41.6 Å². The summed E-state index contributed by atoms with van der Waals surface area (Å²) in [6.07, 6.45) is 16.1. The molecule has 3 heterocycles. The minimum absolute atomic E-state index is 0.0249. The zero-order valence-corrected chi connectivity index (χ0v) is 25.5. The fraction of sp³-hybridized carbons (Fsp3) is 0.618. The van der Waals surface area contributed by atoms with Crippen molar-refractivity contribution >= 4 is 27.4 Å². The third-order valence-corrected chi connectivity index (χ3v) is 10.1. The minimum Gasteiger partial charge on any atom is -0.481 e. The second-order valence-corrected chi connectivity index (χ2v) is 13.1. The summed E-state index contributed by atoms with van der Waals surface area (Å²) in [5.74, 6) is -0.825. The molecule has 2 aliphatic heterocycles. The quantitative estimate of drug-likeness (QED) is 0.184. The Morgan fingerprint density at radius 3 is 2.57 bits per heavy atom. The van der Waals surface area contributed by atoms with Gasteiger partial charge in [0.1, 0.15) is 5.60 Å². The van der Waals surface area contributed by atoms with Gasteiger partial charge in [0.2, 0.25) is 0 Å².